The molecule has 0 unspecified atom stereocenters. The van der Waals surface area contributed by atoms with Crippen LogP contribution in [-0.2, 0) is 21.4 Å². The second-order valence-electron chi connectivity index (χ2n) is 8.66. The number of hydrogen-bond acceptors (Lipinski definition) is 4. The lowest BCUT2D eigenvalue weighted by molar-refractivity contribution is -0.120. The van der Waals surface area contributed by atoms with Crippen molar-refractivity contribution < 1.29 is 13.2 Å². The lowest BCUT2D eigenvalue weighted by Crippen LogP contribution is -2.41. The molecule has 0 saturated carbocycles. The molecular formula is C26H25ClN4O3S. The molecule has 1 fully saturated rings. The molecule has 7 nitrogen and oxygen atoms in total. The van der Waals surface area contributed by atoms with Crippen LogP contribution in [0.15, 0.2) is 83.9 Å². The molecule has 3 aromatic carbocycles. The molecule has 4 aromatic rings. The van der Waals surface area contributed by atoms with E-state index in [1.807, 2.05) is 24.4 Å². The van der Waals surface area contributed by atoms with Crippen LogP contribution in [0, 0.1) is 5.92 Å². The van der Waals surface area contributed by atoms with Crippen LogP contribution in [0.5, 0.6) is 0 Å². The van der Waals surface area contributed by atoms with Gasteiger partial charge in [-0.05, 0) is 53.4 Å². The molecule has 180 valence electrons. The SMILES string of the molecule is O=C(Nc1ccn(Cc2cccc3ccccc23)n1)C1CCN(S(=O)(=O)c2ccc(Cl)cc2)CC1. The van der Waals surface area contributed by atoms with Crippen LogP contribution in [0.25, 0.3) is 10.8 Å². The average molecular weight is 509 g/mol. The van der Waals surface area contributed by atoms with Crippen molar-refractivity contribution in [3.63, 3.8) is 0 Å². The first-order valence-electron chi connectivity index (χ1n) is 11.5. The number of amides is 1. The van der Waals surface area contributed by atoms with Gasteiger partial charge in [-0.2, -0.15) is 9.40 Å². The third-order valence-electron chi connectivity index (χ3n) is 6.38. The highest BCUT2D eigenvalue weighted by molar-refractivity contribution is 7.89. The zero-order valence-corrected chi connectivity index (χ0v) is 20.5. The maximum atomic E-state index is 12.9. The summed E-state index contributed by atoms with van der Waals surface area (Å²) in [5.74, 6) is 0.0882. The van der Waals surface area contributed by atoms with Gasteiger partial charge in [0.1, 0.15) is 0 Å². The Morgan fingerprint density at radius 1 is 0.971 bits per heavy atom. The standard InChI is InChI=1S/C26H25ClN4O3S/c27-22-8-10-23(11-9-22)35(33,34)31-16-12-20(13-17-31)26(32)28-25-14-15-30(29-25)18-21-6-3-5-19-4-1-2-7-24(19)21/h1-11,14-15,20H,12-13,16-18H2,(H,28,29,32). The Bertz CT molecular complexity index is 1450. The van der Waals surface area contributed by atoms with Crippen LogP contribution in [0.2, 0.25) is 5.02 Å². The number of aromatic nitrogens is 2. The van der Waals surface area contributed by atoms with E-state index in [0.717, 1.165) is 5.56 Å². The molecule has 0 radical (unpaired) electrons. The van der Waals surface area contributed by atoms with E-state index in [2.05, 4.69) is 34.7 Å². The van der Waals surface area contributed by atoms with E-state index in [0.29, 0.717) is 43.3 Å². The highest BCUT2D eigenvalue weighted by Crippen LogP contribution is 2.26. The summed E-state index contributed by atoms with van der Waals surface area (Å²) in [5.41, 5.74) is 1.15. The number of rotatable bonds is 6. The van der Waals surface area contributed by atoms with Gasteiger partial charge in [0, 0.05) is 36.3 Å². The topological polar surface area (TPSA) is 84.3 Å². The van der Waals surface area contributed by atoms with Crippen molar-refractivity contribution in [1.29, 1.82) is 0 Å². The van der Waals surface area contributed by atoms with E-state index in [-0.39, 0.29) is 16.7 Å². The maximum absolute atomic E-state index is 12.9. The molecule has 5 rings (SSSR count). The summed E-state index contributed by atoms with van der Waals surface area (Å²) in [6.07, 6.45) is 2.75. The molecule has 0 spiro atoms. The van der Waals surface area contributed by atoms with E-state index in [1.54, 1.807) is 22.9 Å². The van der Waals surface area contributed by atoms with Crippen molar-refractivity contribution in [3.05, 3.63) is 89.6 Å². The van der Waals surface area contributed by atoms with Crippen LogP contribution in [0.3, 0.4) is 0 Å². The first-order valence-corrected chi connectivity index (χ1v) is 13.3. The number of sulfonamides is 1. The Labute approximate surface area is 209 Å². The fourth-order valence-electron chi connectivity index (χ4n) is 4.46. The van der Waals surface area contributed by atoms with Gasteiger partial charge in [-0.25, -0.2) is 8.42 Å². The maximum Gasteiger partial charge on any atom is 0.243 e. The number of nitrogens with zero attached hydrogens (tertiary/aromatic N) is 3. The van der Waals surface area contributed by atoms with Crippen molar-refractivity contribution in [2.75, 3.05) is 18.4 Å². The minimum atomic E-state index is -3.60. The smallest absolute Gasteiger partial charge is 0.243 e. The van der Waals surface area contributed by atoms with E-state index in [4.69, 9.17) is 11.6 Å². The largest absolute Gasteiger partial charge is 0.309 e. The molecule has 1 amide bonds. The van der Waals surface area contributed by atoms with Gasteiger partial charge >= 0.3 is 0 Å². The van der Waals surface area contributed by atoms with Crippen LogP contribution >= 0.6 is 11.6 Å². The van der Waals surface area contributed by atoms with Gasteiger partial charge in [0.05, 0.1) is 11.4 Å². The predicted molar refractivity (Wildman–Crippen MR) is 137 cm³/mol. The number of benzene rings is 3. The zero-order valence-electron chi connectivity index (χ0n) is 19.0. The minimum absolute atomic E-state index is 0.135. The molecule has 0 atom stereocenters. The summed E-state index contributed by atoms with van der Waals surface area (Å²) >= 11 is 5.87. The highest BCUT2D eigenvalue weighted by atomic mass is 35.5. The van der Waals surface area contributed by atoms with Gasteiger partial charge in [-0.1, -0.05) is 54.1 Å². The number of anilines is 1. The van der Waals surface area contributed by atoms with E-state index < -0.39 is 10.0 Å². The molecule has 1 saturated heterocycles. The van der Waals surface area contributed by atoms with Crippen LogP contribution in [0.4, 0.5) is 5.82 Å². The lowest BCUT2D eigenvalue weighted by Gasteiger charge is -2.30. The van der Waals surface area contributed by atoms with Crippen LogP contribution < -0.4 is 5.32 Å². The Morgan fingerprint density at radius 3 is 2.46 bits per heavy atom. The molecule has 1 aliphatic heterocycles. The molecule has 1 N–H and O–H groups in total. The summed E-state index contributed by atoms with van der Waals surface area (Å²) in [6.45, 7) is 1.18. The van der Waals surface area contributed by atoms with Crippen LogP contribution in [-0.4, -0.2) is 41.5 Å². The van der Waals surface area contributed by atoms with Gasteiger partial charge in [-0.15, -0.1) is 0 Å². The molecular weight excluding hydrogens is 484 g/mol. The van der Waals surface area contributed by atoms with Crippen molar-refractivity contribution in [1.82, 2.24) is 14.1 Å². The minimum Gasteiger partial charge on any atom is -0.309 e. The second-order valence-corrected chi connectivity index (χ2v) is 11.0. The van der Waals surface area contributed by atoms with Crippen LogP contribution in [0.1, 0.15) is 18.4 Å². The molecule has 1 aromatic heterocycles. The summed E-state index contributed by atoms with van der Waals surface area (Å²) in [5, 5.41) is 10.2. The van der Waals surface area contributed by atoms with Crippen molar-refractivity contribution in [3.8, 4) is 0 Å². The van der Waals surface area contributed by atoms with Crippen molar-refractivity contribution in [2.45, 2.75) is 24.3 Å². The summed E-state index contributed by atoms with van der Waals surface area (Å²) in [7, 11) is -3.60. The van der Waals surface area contributed by atoms with E-state index >= 15 is 0 Å². The normalized spacial score (nSPS) is 15.3. The van der Waals surface area contributed by atoms with Gasteiger partial charge in [-0.3, -0.25) is 9.48 Å². The Kier molecular flexibility index (Phi) is 6.60. The Hall–Kier alpha value is -3.20. The number of piperidine rings is 1. The Morgan fingerprint density at radius 2 is 1.69 bits per heavy atom. The van der Waals surface area contributed by atoms with Gasteiger partial charge in [0.25, 0.3) is 0 Å². The quantitative estimate of drug-likeness (QED) is 0.406. The van der Waals surface area contributed by atoms with Gasteiger partial charge in [0.15, 0.2) is 5.82 Å². The number of halogens is 1. The summed E-state index contributed by atoms with van der Waals surface area (Å²) < 4.78 is 29.0. The molecule has 0 aliphatic carbocycles. The molecule has 35 heavy (non-hydrogen) atoms. The lowest BCUT2D eigenvalue weighted by atomic mass is 9.97. The van der Waals surface area contributed by atoms with Gasteiger partial charge < -0.3 is 5.32 Å². The number of hydrogen-bond donors (Lipinski definition) is 1. The first-order chi connectivity index (χ1) is 16.9. The monoisotopic (exact) mass is 508 g/mol. The molecule has 9 heteroatoms. The fraction of sp³-hybridized carbons (Fsp3) is 0.231. The molecule has 2 heterocycles. The second kappa shape index (κ2) is 9.81. The number of carbonyl (C=O) groups excluding carboxylic acids is 1. The Balaban J connectivity index is 1.19. The third-order valence-corrected chi connectivity index (χ3v) is 8.55. The zero-order chi connectivity index (χ0) is 24.4. The molecule has 0 bridgehead atoms. The summed E-state index contributed by atoms with van der Waals surface area (Å²) in [6, 6.07) is 22.3. The average Bonchev–Trinajstić information content (AvgIpc) is 3.31. The highest BCUT2D eigenvalue weighted by Gasteiger charge is 2.32. The number of nitrogens with one attached hydrogen (secondary N) is 1. The number of carbonyl (C=O) groups is 1. The fourth-order valence-corrected chi connectivity index (χ4v) is 6.06. The van der Waals surface area contributed by atoms with E-state index in [1.165, 1.54) is 27.2 Å². The summed E-state index contributed by atoms with van der Waals surface area (Å²) in [4.78, 5) is 13.0. The first kappa shape index (κ1) is 23.5. The van der Waals surface area contributed by atoms with Crippen molar-refractivity contribution >= 4 is 44.1 Å². The number of fused-ring (bicyclic) bond motifs is 1. The third kappa shape index (κ3) is 5.10. The van der Waals surface area contributed by atoms with E-state index in [9.17, 15) is 13.2 Å². The van der Waals surface area contributed by atoms with Gasteiger partial charge in [0.2, 0.25) is 15.9 Å². The van der Waals surface area contributed by atoms with Crippen molar-refractivity contribution in [2.24, 2.45) is 5.92 Å². The predicted octanol–water partition coefficient (Wildman–Crippen LogP) is 4.78. The molecule has 1 aliphatic rings.